The fraction of sp³-hybridized carbons (Fsp3) is 0.378. The van der Waals surface area contributed by atoms with Crippen molar-refractivity contribution >= 4 is 72.7 Å². The van der Waals surface area contributed by atoms with Crippen LogP contribution in [0.3, 0.4) is 0 Å². The van der Waals surface area contributed by atoms with Crippen LogP contribution in [0.5, 0.6) is 0 Å². The number of thiophene rings is 1. The van der Waals surface area contributed by atoms with Gasteiger partial charge in [-0.1, -0.05) is 56.4 Å². The van der Waals surface area contributed by atoms with E-state index in [2.05, 4.69) is 33.4 Å². The number of anilines is 1. The number of rotatable bonds is 14. The number of aryl methyl sites for hydroxylation is 2. The van der Waals surface area contributed by atoms with E-state index in [9.17, 15) is 24.0 Å². The van der Waals surface area contributed by atoms with Crippen LogP contribution < -0.4 is 27.0 Å². The number of fused-ring (bicyclic) bond motifs is 6. The lowest BCUT2D eigenvalue weighted by Gasteiger charge is -2.21. The molecule has 3 aromatic heterocycles. The molecule has 6 aromatic rings. The molecule has 12 nitrogen and oxygen atoms in total. The van der Waals surface area contributed by atoms with Gasteiger partial charge in [0.05, 0.1) is 27.9 Å². The number of piperidine rings is 1. The fourth-order valence-corrected chi connectivity index (χ4v) is 9.41. The van der Waals surface area contributed by atoms with Gasteiger partial charge in [-0.25, -0.2) is 9.78 Å². The zero-order valence-corrected chi connectivity index (χ0v) is 33.8. The van der Waals surface area contributed by atoms with Gasteiger partial charge in [-0.15, -0.1) is 11.3 Å². The van der Waals surface area contributed by atoms with Gasteiger partial charge < -0.3 is 16.0 Å². The van der Waals surface area contributed by atoms with Gasteiger partial charge in [0, 0.05) is 60.1 Å². The average molecular weight is 800 g/mol. The lowest BCUT2D eigenvalue weighted by Crippen LogP contribution is -2.44. The SMILES string of the molecule is C[C@@H]1CNc2c(sc3ccc4nc(-c5cccc(CNC(=O)CCCCCCCCCc6ccc7c(c6)n(C)c(=O)n7C6CCC(=O)NC6=O)c5)ccc4c23)C(=O)N1. The first-order valence-corrected chi connectivity index (χ1v) is 21.3. The van der Waals surface area contributed by atoms with Crippen molar-refractivity contribution < 1.29 is 19.2 Å². The number of carbonyl (C=O) groups excluding carboxylic acids is 4. The number of imidazole rings is 1. The standard InChI is InChI=1S/C45H49N7O5S/c1-27-25-47-41-40-31-16-17-32(49-33(31)18-21-37(40)58-42(41)44(56)48-27)30-13-10-12-29(23-30)26-46-38(53)14-9-7-5-3-4-6-8-11-28-15-19-34-36(24-28)51(2)45(57)52(34)35-20-22-39(54)50-43(35)55/h10,12-13,15-19,21,23-24,27,35,47H,3-9,11,14,20,22,25-26H2,1-2H3,(H,46,53)(H,48,56)(H,50,54,55)/t27-,35?/m1/s1. The largest absolute Gasteiger partial charge is 0.381 e. The number of nitrogens with zero attached hydrogens (tertiary/aromatic N) is 3. The van der Waals surface area contributed by atoms with Gasteiger partial charge in [-0.05, 0) is 86.2 Å². The Labute approximate surface area is 340 Å². The van der Waals surface area contributed by atoms with Gasteiger partial charge in [-0.2, -0.15) is 0 Å². The summed E-state index contributed by atoms with van der Waals surface area (Å²) in [4.78, 5) is 68.4. The third-order valence-corrected chi connectivity index (χ3v) is 12.6. The maximum Gasteiger partial charge on any atom is 0.329 e. The topological polar surface area (TPSA) is 156 Å². The maximum atomic E-state index is 13.0. The number of amides is 4. The van der Waals surface area contributed by atoms with Gasteiger partial charge in [0.2, 0.25) is 17.7 Å². The van der Waals surface area contributed by atoms with Crippen LogP contribution in [0.25, 0.3) is 43.3 Å². The van der Waals surface area contributed by atoms with E-state index in [1.165, 1.54) is 15.9 Å². The molecule has 2 aliphatic rings. The summed E-state index contributed by atoms with van der Waals surface area (Å²) in [6.07, 6.45) is 9.38. The monoisotopic (exact) mass is 799 g/mol. The minimum atomic E-state index is -0.676. The quantitative estimate of drug-likeness (QED) is 0.0667. The minimum absolute atomic E-state index is 0.0394. The van der Waals surface area contributed by atoms with Crippen LogP contribution in [0.4, 0.5) is 5.69 Å². The fourth-order valence-electron chi connectivity index (χ4n) is 8.31. The number of hydrogen-bond acceptors (Lipinski definition) is 8. The number of nitrogens with one attached hydrogen (secondary N) is 4. The molecule has 4 N–H and O–H groups in total. The third-order valence-electron chi connectivity index (χ3n) is 11.4. The molecule has 58 heavy (non-hydrogen) atoms. The van der Waals surface area contributed by atoms with Gasteiger partial charge in [0.15, 0.2) is 0 Å². The predicted molar refractivity (Wildman–Crippen MR) is 229 cm³/mol. The second-order valence-electron chi connectivity index (χ2n) is 15.7. The van der Waals surface area contributed by atoms with Crippen molar-refractivity contribution in [1.82, 2.24) is 30.1 Å². The number of imide groups is 1. The lowest BCUT2D eigenvalue weighted by atomic mass is 10.0. The van der Waals surface area contributed by atoms with Crippen molar-refractivity contribution in [3.05, 3.63) is 93.2 Å². The van der Waals surface area contributed by atoms with E-state index in [0.29, 0.717) is 36.3 Å². The van der Waals surface area contributed by atoms with Crippen LogP contribution in [-0.2, 0) is 34.4 Å². The maximum absolute atomic E-state index is 13.0. The number of carbonyl (C=O) groups is 4. The Morgan fingerprint density at radius 3 is 2.53 bits per heavy atom. The van der Waals surface area contributed by atoms with Gasteiger partial charge in [-0.3, -0.25) is 33.6 Å². The Bertz CT molecular complexity index is 2620. The highest BCUT2D eigenvalue weighted by Crippen LogP contribution is 2.41. The van der Waals surface area contributed by atoms with Crippen molar-refractivity contribution in [1.29, 1.82) is 0 Å². The summed E-state index contributed by atoms with van der Waals surface area (Å²) in [6.45, 7) is 3.12. The Hall–Kier alpha value is -5.82. The summed E-state index contributed by atoms with van der Waals surface area (Å²) in [5, 5.41) is 14.0. The van der Waals surface area contributed by atoms with Crippen molar-refractivity contribution in [3.63, 3.8) is 0 Å². The molecule has 4 amide bonds. The molecule has 2 atom stereocenters. The van der Waals surface area contributed by atoms with E-state index >= 15 is 0 Å². The first kappa shape index (κ1) is 39.0. The summed E-state index contributed by atoms with van der Waals surface area (Å²) < 4.78 is 4.16. The molecule has 1 saturated heterocycles. The number of pyridine rings is 1. The van der Waals surface area contributed by atoms with Crippen LogP contribution in [0.2, 0.25) is 0 Å². The molecule has 300 valence electrons. The first-order valence-electron chi connectivity index (χ1n) is 20.4. The minimum Gasteiger partial charge on any atom is -0.381 e. The predicted octanol–water partition coefficient (Wildman–Crippen LogP) is 7.27. The zero-order chi connectivity index (χ0) is 40.3. The molecule has 5 heterocycles. The number of aromatic nitrogens is 3. The normalized spacial score (nSPS) is 16.9. The van der Waals surface area contributed by atoms with Crippen LogP contribution in [0.1, 0.15) is 98.0 Å². The summed E-state index contributed by atoms with van der Waals surface area (Å²) in [5.41, 5.74) is 7.03. The first-order chi connectivity index (χ1) is 28.1. The average Bonchev–Trinajstić information content (AvgIpc) is 3.67. The molecular formula is C45H49N7O5S. The molecule has 1 fully saturated rings. The second kappa shape index (κ2) is 17.0. The molecule has 0 aliphatic carbocycles. The van der Waals surface area contributed by atoms with Crippen molar-refractivity contribution in [2.24, 2.45) is 7.05 Å². The van der Waals surface area contributed by atoms with Crippen LogP contribution in [0, 0.1) is 0 Å². The molecule has 0 radical (unpaired) electrons. The molecule has 2 aliphatic heterocycles. The highest BCUT2D eigenvalue weighted by atomic mass is 32.1. The van der Waals surface area contributed by atoms with E-state index < -0.39 is 11.9 Å². The number of benzene rings is 3. The van der Waals surface area contributed by atoms with Crippen molar-refractivity contribution in [3.8, 4) is 11.3 Å². The Balaban J connectivity index is 0.755. The van der Waals surface area contributed by atoms with E-state index in [4.69, 9.17) is 4.98 Å². The van der Waals surface area contributed by atoms with Crippen LogP contribution in [0.15, 0.2) is 71.5 Å². The van der Waals surface area contributed by atoms with Crippen molar-refractivity contribution in [2.45, 2.75) is 96.2 Å². The Kier molecular flexibility index (Phi) is 11.4. The third kappa shape index (κ3) is 8.13. The zero-order valence-electron chi connectivity index (χ0n) is 33.0. The van der Waals surface area contributed by atoms with Crippen molar-refractivity contribution in [2.75, 3.05) is 11.9 Å². The molecule has 8 rings (SSSR count). The molecule has 0 saturated carbocycles. The highest BCUT2D eigenvalue weighted by molar-refractivity contribution is 7.21. The summed E-state index contributed by atoms with van der Waals surface area (Å²) in [7, 11) is 1.72. The van der Waals surface area contributed by atoms with Gasteiger partial charge in [0.25, 0.3) is 5.91 Å². The molecule has 0 bridgehead atoms. The van der Waals surface area contributed by atoms with Gasteiger partial charge >= 0.3 is 5.69 Å². The summed E-state index contributed by atoms with van der Waals surface area (Å²) in [6, 6.07) is 21.7. The number of hydrogen-bond donors (Lipinski definition) is 4. The summed E-state index contributed by atoms with van der Waals surface area (Å²) >= 11 is 1.51. The summed E-state index contributed by atoms with van der Waals surface area (Å²) in [5.74, 6) is -0.697. The van der Waals surface area contributed by atoms with E-state index in [1.807, 2.05) is 61.5 Å². The Morgan fingerprint density at radius 1 is 0.897 bits per heavy atom. The molecule has 13 heteroatoms. The Morgan fingerprint density at radius 2 is 1.71 bits per heavy atom. The number of unbranched alkanes of at least 4 members (excludes halogenated alkanes) is 6. The molecule has 1 unspecified atom stereocenters. The molecule has 3 aromatic carbocycles. The molecule has 0 spiro atoms. The van der Waals surface area contributed by atoms with E-state index in [-0.39, 0.29) is 35.9 Å². The van der Waals surface area contributed by atoms with Crippen LogP contribution >= 0.6 is 11.3 Å². The van der Waals surface area contributed by atoms with E-state index in [0.717, 1.165) is 106 Å². The van der Waals surface area contributed by atoms with E-state index in [1.54, 1.807) is 11.6 Å². The van der Waals surface area contributed by atoms with Gasteiger partial charge in [0.1, 0.15) is 10.9 Å². The smallest absolute Gasteiger partial charge is 0.329 e. The second-order valence-corrected chi connectivity index (χ2v) is 16.8. The van der Waals surface area contributed by atoms with Crippen LogP contribution in [-0.4, -0.2) is 50.3 Å². The molecular weight excluding hydrogens is 751 g/mol. The lowest BCUT2D eigenvalue weighted by molar-refractivity contribution is -0.135. The highest BCUT2D eigenvalue weighted by Gasteiger charge is 2.31.